The quantitative estimate of drug-likeness (QED) is 0.793. The summed E-state index contributed by atoms with van der Waals surface area (Å²) in [6, 6.07) is 8.14. The molecule has 1 saturated heterocycles. The van der Waals surface area contributed by atoms with Crippen molar-refractivity contribution in [3.8, 4) is 5.75 Å². The Morgan fingerprint density at radius 1 is 1.14 bits per heavy atom. The Hall–Kier alpha value is -1.35. The van der Waals surface area contributed by atoms with Gasteiger partial charge in [0.15, 0.2) is 5.78 Å². The van der Waals surface area contributed by atoms with Gasteiger partial charge in [-0.2, -0.15) is 0 Å². The van der Waals surface area contributed by atoms with E-state index in [4.69, 9.17) is 4.74 Å². The first-order valence-electron chi connectivity index (χ1n) is 8.19. The Morgan fingerprint density at radius 2 is 1.86 bits per heavy atom. The lowest BCUT2D eigenvalue weighted by Crippen LogP contribution is -2.48. The molecule has 3 rings (SSSR count). The van der Waals surface area contributed by atoms with Gasteiger partial charge in [-0.05, 0) is 62.4 Å². The zero-order chi connectivity index (χ0) is 14.7. The molecule has 1 aromatic carbocycles. The predicted octanol–water partition coefficient (Wildman–Crippen LogP) is 3.53. The first-order valence-corrected chi connectivity index (χ1v) is 8.19. The van der Waals surface area contributed by atoms with Crippen LogP contribution in [0.5, 0.6) is 5.75 Å². The van der Waals surface area contributed by atoms with Crippen LogP contribution in [-0.2, 0) is 0 Å². The number of hydrogen-bond acceptors (Lipinski definition) is 3. The zero-order valence-corrected chi connectivity index (χ0v) is 12.9. The van der Waals surface area contributed by atoms with Gasteiger partial charge in [0.1, 0.15) is 5.75 Å². The molecule has 0 spiro atoms. The number of ketones is 1. The van der Waals surface area contributed by atoms with Crippen molar-refractivity contribution < 1.29 is 9.53 Å². The number of likely N-dealkylation sites (tertiary alicyclic amines) is 1. The summed E-state index contributed by atoms with van der Waals surface area (Å²) < 4.78 is 5.15. The first kappa shape index (κ1) is 14.6. The summed E-state index contributed by atoms with van der Waals surface area (Å²) in [5.41, 5.74) is 0.800. The highest BCUT2D eigenvalue weighted by molar-refractivity contribution is 5.97. The monoisotopic (exact) mass is 287 g/mol. The van der Waals surface area contributed by atoms with Crippen molar-refractivity contribution in [2.45, 2.75) is 44.6 Å². The van der Waals surface area contributed by atoms with Crippen molar-refractivity contribution >= 4 is 5.78 Å². The van der Waals surface area contributed by atoms with Gasteiger partial charge in [-0.3, -0.25) is 9.69 Å². The van der Waals surface area contributed by atoms with Gasteiger partial charge >= 0.3 is 0 Å². The maximum Gasteiger partial charge on any atom is 0.176 e. The highest BCUT2D eigenvalue weighted by Crippen LogP contribution is 2.35. The SMILES string of the molecule is COc1ccc(C(=O)CN2CCC[C@H]3CCCC[C@H]32)cc1. The first-order chi connectivity index (χ1) is 10.3. The van der Waals surface area contributed by atoms with Crippen LogP contribution in [0.2, 0.25) is 0 Å². The molecule has 1 aliphatic heterocycles. The van der Waals surface area contributed by atoms with Gasteiger partial charge < -0.3 is 4.74 Å². The summed E-state index contributed by atoms with van der Waals surface area (Å²) in [6.45, 7) is 1.66. The van der Waals surface area contributed by atoms with E-state index in [-0.39, 0.29) is 5.78 Å². The predicted molar refractivity (Wildman–Crippen MR) is 83.9 cm³/mol. The van der Waals surface area contributed by atoms with Crippen LogP contribution >= 0.6 is 0 Å². The van der Waals surface area contributed by atoms with Crippen LogP contribution in [0.1, 0.15) is 48.9 Å². The lowest BCUT2D eigenvalue weighted by Gasteiger charge is -2.43. The Morgan fingerprint density at radius 3 is 2.62 bits per heavy atom. The molecule has 2 aliphatic rings. The minimum absolute atomic E-state index is 0.240. The third-order valence-electron chi connectivity index (χ3n) is 5.12. The van der Waals surface area contributed by atoms with Crippen LogP contribution < -0.4 is 4.74 Å². The number of benzene rings is 1. The number of fused-ring (bicyclic) bond motifs is 1. The third kappa shape index (κ3) is 3.29. The van der Waals surface area contributed by atoms with E-state index in [1.165, 1.54) is 38.5 Å². The van der Waals surface area contributed by atoms with Crippen LogP contribution in [0, 0.1) is 5.92 Å². The summed E-state index contributed by atoms with van der Waals surface area (Å²) in [5.74, 6) is 1.87. The lowest BCUT2D eigenvalue weighted by atomic mass is 9.78. The standard InChI is InChI=1S/C18H25NO2/c1-21-16-10-8-15(9-11-16)18(20)13-19-12-4-6-14-5-2-3-7-17(14)19/h8-11,14,17H,2-7,12-13H2,1H3/t14-,17-/m1/s1. The molecule has 2 atom stereocenters. The van der Waals surface area contributed by atoms with E-state index in [2.05, 4.69) is 4.90 Å². The number of carbonyl (C=O) groups excluding carboxylic acids is 1. The van der Waals surface area contributed by atoms with E-state index < -0.39 is 0 Å². The molecule has 0 unspecified atom stereocenters. The minimum atomic E-state index is 0.240. The molecule has 1 aromatic rings. The van der Waals surface area contributed by atoms with Gasteiger partial charge in [-0.1, -0.05) is 12.8 Å². The summed E-state index contributed by atoms with van der Waals surface area (Å²) in [5, 5.41) is 0. The number of methoxy groups -OCH3 is 1. The van der Waals surface area contributed by atoms with E-state index in [9.17, 15) is 4.79 Å². The fraction of sp³-hybridized carbons (Fsp3) is 0.611. The number of ether oxygens (including phenoxy) is 1. The van der Waals surface area contributed by atoms with Crippen LogP contribution in [0.3, 0.4) is 0 Å². The number of nitrogens with zero attached hydrogens (tertiary/aromatic N) is 1. The maximum absolute atomic E-state index is 12.5. The molecule has 3 heteroatoms. The van der Waals surface area contributed by atoms with Gasteiger partial charge in [0, 0.05) is 11.6 Å². The summed E-state index contributed by atoms with van der Waals surface area (Å²) in [7, 11) is 1.65. The Bertz CT molecular complexity index is 480. The van der Waals surface area contributed by atoms with Gasteiger partial charge in [0.05, 0.1) is 13.7 Å². The van der Waals surface area contributed by atoms with Crippen molar-refractivity contribution in [1.82, 2.24) is 4.90 Å². The van der Waals surface area contributed by atoms with Crippen molar-refractivity contribution in [2.75, 3.05) is 20.2 Å². The molecule has 114 valence electrons. The number of hydrogen-bond donors (Lipinski definition) is 0. The Balaban J connectivity index is 1.65. The van der Waals surface area contributed by atoms with Gasteiger partial charge in [0.25, 0.3) is 0 Å². The van der Waals surface area contributed by atoms with E-state index in [1.54, 1.807) is 7.11 Å². The van der Waals surface area contributed by atoms with Gasteiger partial charge in [-0.25, -0.2) is 0 Å². The number of Topliss-reactive ketones (excluding diaryl/α,β-unsaturated/α-hetero) is 1. The van der Waals surface area contributed by atoms with Gasteiger partial charge in [-0.15, -0.1) is 0 Å². The highest BCUT2D eigenvalue weighted by Gasteiger charge is 2.33. The van der Waals surface area contributed by atoms with Gasteiger partial charge in [0.2, 0.25) is 0 Å². The lowest BCUT2D eigenvalue weighted by molar-refractivity contribution is 0.0539. The molecule has 1 saturated carbocycles. The van der Waals surface area contributed by atoms with E-state index in [0.29, 0.717) is 12.6 Å². The normalized spacial score (nSPS) is 26.1. The second kappa shape index (κ2) is 6.61. The molecule has 1 aliphatic carbocycles. The molecule has 1 heterocycles. The summed E-state index contributed by atoms with van der Waals surface area (Å²) >= 11 is 0. The molecule has 21 heavy (non-hydrogen) atoms. The summed E-state index contributed by atoms with van der Waals surface area (Å²) in [4.78, 5) is 14.9. The average molecular weight is 287 g/mol. The topological polar surface area (TPSA) is 29.5 Å². The van der Waals surface area contributed by atoms with Crippen molar-refractivity contribution in [3.63, 3.8) is 0 Å². The fourth-order valence-corrected chi connectivity index (χ4v) is 3.98. The minimum Gasteiger partial charge on any atom is -0.497 e. The average Bonchev–Trinajstić information content (AvgIpc) is 2.55. The van der Waals surface area contributed by atoms with Crippen LogP contribution in [0.25, 0.3) is 0 Å². The molecule has 0 radical (unpaired) electrons. The van der Waals surface area contributed by atoms with Crippen molar-refractivity contribution in [2.24, 2.45) is 5.92 Å². The Kier molecular flexibility index (Phi) is 4.59. The largest absolute Gasteiger partial charge is 0.497 e. The van der Waals surface area contributed by atoms with Crippen LogP contribution in [-0.4, -0.2) is 36.9 Å². The van der Waals surface area contributed by atoms with E-state index in [1.807, 2.05) is 24.3 Å². The molecule has 0 amide bonds. The fourth-order valence-electron chi connectivity index (χ4n) is 3.98. The summed E-state index contributed by atoms with van der Waals surface area (Å²) in [6.07, 6.45) is 7.95. The molecular formula is C18H25NO2. The van der Waals surface area contributed by atoms with E-state index >= 15 is 0 Å². The van der Waals surface area contributed by atoms with Crippen molar-refractivity contribution in [1.29, 1.82) is 0 Å². The Labute approximate surface area is 127 Å². The van der Waals surface area contributed by atoms with Crippen LogP contribution in [0.15, 0.2) is 24.3 Å². The maximum atomic E-state index is 12.5. The molecule has 2 fully saturated rings. The third-order valence-corrected chi connectivity index (χ3v) is 5.12. The molecular weight excluding hydrogens is 262 g/mol. The molecule has 0 N–H and O–H groups in total. The molecule has 0 bridgehead atoms. The second-order valence-corrected chi connectivity index (χ2v) is 6.38. The zero-order valence-electron chi connectivity index (χ0n) is 12.9. The van der Waals surface area contributed by atoms with Crippen molar-refractivity contribution in [3.05, 3.63) is 29.8 Å². The number of carbonyl (C=O) groups is 1. The highest BCUT2D eigenvalue weighted by atomic mass is 16.5. The smallest absolute Gasteiger partial charge is 0.176 e. The number of piperidine rings is 1. The van der Waals surface area contributed by atoms with E-state index in [0.717, 1.165) is 23.8 Å². The second-order valence-electron chi connectivity index (χ2n) is 6.38. The number of rotatable bonds is 4. The molecule has 0 aromatic heterocycles. The van der Waals surface area contributed by atoms with Crippen LogP contribution in [0.4, 0.5) is 0 Å². The molecule has 3 nitrogen and oxygen atoms in total.